The van der Waals surface area contributed by atoms with Crippen LogP contribution in [-0.2, 0) is 20.9 Å². The van der Waals surface area contributed by atoms with Gasteiger partial charge in [-0.15, -0.1) is 0 Å². The number of ether oxygens (including phenoxy) is 1. The lowest BCUT2D eigenvalue weighted by atomic mass is 10.0. The second-order valence-electron chi connectivity index (χ2n) is 6.26. The molecular formula is C17H26N4O3. The van der Waals surface area contributed by atoms with E-state index in [4.69, 9.17) is 4.74 Å². The largest absolute Gasteiger partial charge is 0.378 e. The summed E-state index contributed by atoms with van der Waals surface area (Å²) in [6.07, 6.45) is 1.75. The van der Waals surface area contributed by atoms with Crippen LogP contribution >= 0.6 is 0 Å². The van der Waals surface area contributed by atoms with E-state index < -0.39 is 6.04 Å². The van der Waals surface area contributed by atoms with Crippen molar-refractivity contribution >= 4 is 17.6 Å². The van der Waals surface area contributed by atoms with E-state index in [1.165, 1.54) is 6.92 Å². The predicted molar refractivity (Wildman–Crippen MR) is 91.6 cm³/mol. The van der Waals surface area contributed by atoms with Crippen LogP contribution in [0.5, 0.6) is 0 Å². The van der Waals surface area contributed by atoms with Crippen molar-refractivity contribution in [2.45, 2.75) is 33.4 Å². The molecule has 0 unspecified atom stereocenters. The van der Waals surface area contributed by atoms with Crippen LogP contribution in [0.15, 0.2) is 18.3 Å². The molecule has 1 atom stereocenters. The average Bonchev–Trinajstić information content (AvgIpc) is 2.58. The summed E-state index contributed by atoms with van der Waals surface area (Å²) in [6.45, 7) is 8.68. The molecule has 24 heavy (non-hydrogen) atoms. The Bertz CT molecular complexity index is 571. The first-order valence-corrected chi connectivity index (χ1v) is 8.30. The number of amides is 2. The number of hydrogen-bond donors (Lipinski definition) is 2. The molecular weight excluding hydrogens is 308 g/mol. The van der Waals surface area contributed by atoms with Crippen molar-refractivity contribution in [3.05, 3.63) is 23.9 Å². The van der Waals surface area contributed by atoms with E-state index in [2.05, 4.69) is 20.5 Å². The van der Waals surface area contributed by atoms with Crippen molar-refractivity contribution in [2.24, 2.45) is 5.92 Å². The Morgan fingerprint density at radius 1 is 1.33 bits per heavy atom. The van der Waals surface area contributed by atoms with Crippen LogP contribution in [0, 0.1) is 5.92 Å². The van der Waals surface area contributed by atoms with E-state index in [9.17, 15) is 9.59 Å². The van der Waals surface area contributed by atoms with Gasteiger partial charge in [-0.3, -0.25) is 9.59 Å². The summed E-state index contributed by atoms with van der Waals surface area (Å²) < 4.78 is 5.35. The summed E-state index contributed by atoms with van der Waals surface area (Å²) in [5, 5.41) is 5.58. The maximum Gasteiger partial charge on any atom is 0.243 e. The van der Waals surface area contributed by atoms with Gasteiger partial charge in [0.15, 0.2) is 0 Å². The summed E-state index contributed by atoms with van der Waals surface area (Å²) in [5.41, 5.74) is 0.977. The number of nitrogens with zero attached hydrogens (tertiary/aromatic N) is 2. The third-order valence-corrected chi connectivity index (χ3v) is 3.92. The molecule has 2 N–H and O–H groups in total. The molecule has 2 rings (SSSR count). The van der Waals surface area contributed by atoms with Crippen molar-refractivity contribution in [3.8, 4) is 0 Å². The lowest BCUT2D eigenvalue weighted by molar-refractivity contribution is -0.129. The molecule has 1 aliphatic heterocycles. The first-order chi connectivity index (χ1) is 11.5. The molecule has 1 aromatic heterocycles. The molecule has 7 nitrogen and oxygen atoms in total. The van der Waals surface area contributed by atoms with Gasteiger partial charge in [0.2, 0.25) is 11.8 Å². The molecule has 132 valence electrons. The van der Waals surface area contributed by atoms with Crippen LogP contribution in [0.1, 0.15) is 26.3 Å². The quantitative estimate of drug-likeness (QED) is 0.800. The molecule has 2 heterocycles. The second kappa shape index (κ2) is 8.63. The molecule has 0 aliphatic carbocycles. The molecule has 0 spiro atoms. The molecule has 0 bridgehead atoms. The summed E-state index contributed by atoms with van der Waals surface area (Å²) in [4.78, 5) is 30.1. The molecule has 1 fully saturated rings. The average molecular weight is 334 g/mol. The van der Waals surface area contributed by atoms with Crippen LogP contribution in [0.3, 0.4) is 0 Å². The zero-order chi connectivity index (χ0) is 17.5. The fraction of sp³-hybridized carbons (Fsp3) is 0.588. The first kappa shape index (κ1) is 18.2. The highest BCUT2D eigenvalue weighted by atomic mass is 16.5. The van der Waals surface area contributed by atoms with E-state index >= 15 is 0 Å². The lowest BCUT2D eigenvalue weighted by Gasteiger charge is -2.28. The number of carbonyl (C=O) groups is 2. The smallest absolute Gasteiger partial charge is 0.243 e. The Labute approximate surface area is 142 Å². The zero-order valence-corrected chi connectivity index (χ0v) is 14.5. The second-order valence-corrected chi connectivity index (χ2v) is 6.26. The Balaban J connectivity index is 1.95. The third kappa shape index (κ3) is 5.19. The van der Waals surface area contributed by atoms with E-state index in [0.29, 0.717) is 19.8 Å². The van der Waals surface area contributed by atoms with Crippen molar-refractivity contribution in [1.82, 2.24) is 15.6 Å². The molecule has 1 aliphatic rings. The Kier molecular flexibility index (Phi) is 6.54. The standard InChI is InChI=1S/C17H26N4O3/c1-12(2)16(20-13(3)22)17(23)19-11-14-4-5-18-15(10-14)21-6-8-24-9-7-21/h4-5,10,12,16H,6-9,11H2,1-3H3,(H,19,23)(H,20,22)/t16-/m1/s1. The SMILES string of the molecule is CC(=O)N[C@@H](C(=O)NCc1ccnc(N2CCOCC2)c1)C(C)C. The van der Waals surface area contributed by atoms with Gasteiger partial charge < -0.3 is 20.3 Å². The van der Waals surface area contributed by atoms with Gasteiger partial charge in [0.25, 0.3) is 0 Å². The topological polar surface area (TPSA) is 83.6 Å². The van der Waals surface area contributed by atoms with Crippen LogP contribution in [0.4, 0.5) is 5.82 Å². The van der Waals surface area contributed by atoms with Crippen molar-refractivity contribution in [3.63, 3.8) is 0 Å². The van der Waals surface area contributed by atoms with E-state index in [0.717, 1.165) is 24.5 Å². The number of morpholine rings is 1. The fourth-order valence-electron chi connectivity index (χ4n) is 2.59. The first-order valence-electron chi connectivity index (χ1n) is 8.30. The lowest BCUT2D eigenvalue weighted by Crippen LogP contribution is -2.48. The number of carbonyl (C=O) groups excluding carboxylic acids is 2. The van der Waals surface area contributed by atoms with Gasteiger partial charge >= 0.3 is 0 Å². The summed E-state index contributed by atoms with van der Waals surface area (Å²) in [7, 11) is 0. The van der Waals surface area contributed by atoms with Gasteiger partial charge in [0.1, 0.15) is 11.9 Å². The highest BCUT2D eigenvalue weighted by molar-refractivity contribution is 5.87. The van der Waals surface area contributed by atoms with Crippen LogP contribution < -0.4 is 15.5 Å². The number of rotatable bonds is 6. The Morgan fingerprint density at radius 2 is 2.04 bits per heavy atom. The number of nitrogens with one attached hydrogen (secondary N) is 2. The van der Waals surface area contributed by atoms with E-state index in [1.807, 2.05) is 26.0 Å². The van der Waals surface area contributed by atoms with Crippen LogP contribution in [0.2, 0.25) is 0 Å². The number of hydrogen-bond acceptors (Lipinski definition) is 5. The summed E-state index contributed by atoms with van der Waals surface area (Å²) in [6, 6.07) is 3.34. The Morgan fingerprint density at radius 3 is 2.67 bits per heavy atom. The van der Waals surface area contributed by atoms with Gasteiger partial charge in [-0.1, -0.05) is 13.8 Å². The molecule has 7 heteroatoms. The highest BCUT2D eigenvalue weighted by Gasteiger charge is 2.22. The third-order valence-electron chi connectivity index (χ3n) is 3.92. The fourth-order valence-corrected chi connectivity index (χ4v) is 2.59. The van der Waals surface area contributed by atoms with E-state index in [1.54, 1.807) is 6.20 Å². The molecule has 0 radical (unpaired) electrons. The Hall–Kier alpha value is -2.15. The molecule has 2 amide bonds. The van der Waals surface area contributed by atoms with Gasteiger partial charge in [0.05, 0.1) is 13.2 Å². The van der Waals surface area contributed by atoms with Crippen molar-refractivity contribution in [2.75, 3.05) is 31.2 Å². The van der Waals surface area contributed by atoms with Gasteiger partial charge in [-0.05, 0) is 23.6 Å². The minimum absolute atomic E-state index is 0.0234. The van der Waals surface area contributed by atoms with Gasteiger partial charge in [0, 0.05) is 32.8 Å². The predicted octanol–water partition coefficient (Wildman–Crippen LogP) is 0.695. The summed E-state index contributed by atoms with van der Waals surface area (Å²) in [5.74, 6) is 0.537. The number of anilines is 1. The minimum Gasteiger partial charge on any atom is -0.378 e. The van der Waals surface area contributed by atoms with Crippen molar-refractivity contribution < 1.29 is 14.3 Å². The van der Waals surface area contributed by atoms with Crippen LogP contribution in [-0.4, -0.2) is 49.1 Å². The molecule has 0 aromatic carbocycles. The normalized spacial score (nSPS) is 15.9. The van der Waals surface area contributed by atoms with E-state index in [-0.39, 0.29) is 17.7 Å². The highest BCUT2D eigenvalue weighted by Crippen LogP contribution is 2.14. The minimum atomic E-state index is -0.525. The molecule has 0 saturated carbocycles. The monoisotopic (exact) mass is 334 g/mol. The maximum absolute atomic E-state index is 12.3. The number of aromatic nitrogens is 1. The molecule has 1 aromatic rings. The van der Waals surface area contributed by atoms with Gasteiger partial charge in [-0.25, -0.2) is 4.98 Å². The van der Waals surface area contributed by atoms with Crippen molar-refractivity contribution in [1.29, 1.82) is 0 Å². The number of pyridine rings is 1. The zero-order valence-electron chi connectivity index (χ0n) is 14.5. The van der Waals surface area contributed by atoms with Gasteiger partial charge in [-0.2, -0.15) is 0 Å². The summed E-state index contributed by atoms with van der Waals surface area (Å²) >= 11 is 0. The maximum atomic E-state index is 12.3. The van der Waals surface area contributed by atoms with Crippen LogP contribution in [0.25, 0.3) is 0 Å². The molecule has 1 saturated heterocycles.